The summed E-state index contributed by atoms with van der Waals surface area (Å²) in [6, 6.07) is 0. The zero-order valence-electron chi connectivity index (χ0n) is 19.7. The molecule has 6 heteroatoms. The number of hydrogen-bond donors (Lipinski definition) is 1. The molecule has 4 atom stereocenters. The van der Waals surface area contributed by atoms with Crippen molar-refractivity contribution >= 4 is 5.78 Å². The Morgan fingerprint density at radius 1 is 1.20 bits per heavy atom. The summed E-state index contributed by atoms with van der Waals surface area (Å²) in [7, 11) is 0. The Kier molecular flexibility index (Phi) is 8.68. The Morgan fingerprint density at radius 2 is 1.83 bits per heavy atom. The topological polar surface area (TPSA) is 74.2 Å². The summed E-state index contributed by atoms with van der Waals surface area (Å²) in [6.07, 6.45) is 4.29. The highest BCUT2D eigenvalue weighted by Crippen LogP contribution is 2.38. The summed E-state index contributed by atoms with van der Waals surface area (Å²) in [6.45, 7) is 17.2. The van der Waals surface area contributed by atoms with Gasteiger partial charge in [0.1, 0.15) is 5.78 Å². The predicted octanol–water partition coefficient (Wildman–Crippen LogP) is 4.25. The Hall–Kier alpha value is -0.790. The minimum absolute atomic E-state index is 0.0215. The third-order valence-electron chi connectivity index (χ3n) is 6.64. The second-order valence-corrected chi connectivity index (χ2v) is 10.1. The van der Waals surface area contributed by atoms with E-state index in [-0.39, 0.29) is 17.8 Å². The monoisotopic (exact) mass is 426 g/mol. The molecule has 2 saturated heterocycles. The van der Waals surface area contributed by atoms with Crippen molar-refractivity contribution in [3.05, 3.63) is 12.7 Å². The number of aliphatic hydroxyl groups excluding tert-OH is 1. The fourth-order valence-corrected chi connectivity index (χ4v) is 4.59. The lowest BCUT2D eigenvalue weighted by molar-refractivity contribution is -0.289. The predicted molar refractivity (Wildman–Crippen MR) is 116 cm³/mol. The van der Waals surface area contributed by atoms with Crippen molar-refractivity contribution in [1.29, 1.82) is 0 Å². The minimum Gasteiger partial charge on any atom is -0.392 e. The Labute approximate surface area is 182 Å². The summed E-state index contributed by atoms with van der Waals surface area (Å²) < 4.78 is 23.0. The van der Waals surface area contributed by atoms with Crippen LogP contribution in [-0.4, -0.2) is 54.5 Å². The van der Waals surface area contributed by atoms with Gasteiger partial charge < -0.3 is 24.1 Å². The minimum atomic E-state index is -0.735. The van der Waals surface area contributed by atoms with Gasteiger partial charge in [0, 0.05) is 12.3 Å². The molecular weight excluding hydrogens is 384 g/mol. The molecule has 0 bridgehead atoms. The molecule has 0 aromatic carbocycles. The Bertz CT molecular complexity index is 578. The molecule has 30 heavy (non-hydrogen) atoms. The van der Waals surface area contributed by atoms with Crippen molar-refractivity contribution in [2.75, 3.05) is 19.8 Å². The van der Waals surface area contributed by atoms with Gasteiger partial charge >= 0.3 is 0 Å². The van der Waals surface area contributed by atoms with Gasteiger partial charge in [-0.15, -0.1) is 6.58 Å². The fraction of sp³-hybridized carbons (Fsp3) is 0.875. The van der Waals surface area contributed by atoms with Crippen LogP contribution in [0.4, 0.5) is 0 Å². The van der Waals surface area contributed by atoms with Gasteiger partial charge in [-0.25, -0.2) is 0 Å². The molecule has 1 N–H and O–H groups in total. The van der Waals surface area contributed by atoms with E-state index in [4.69, 9.17) is 18.9 Å². The maximum atomic E-state index is 13.6. The van der Waals surface area contributed by atoms with Gasteiger partial charge in [0.05, 0.1) is 37.4 Å². The number of aliphatic hydroxyl groups is 1. The van der Waals surface area contributed by atoms with Gasteiger partial charge in [-0.05, 0) is 52.4 Å². The lowest BCUT2D eigenvalue weighted by Crippen LogP contribution is -2.52. The van der Waals surface area contributed by atoms with Gasteiger partial charge in [-0.3, -0.25) is 4.79 Å². The highest BCUT2D eigenvalue weighted by atomic mass is 16.7. The molecule has 0 aliphatic carbocycles. The van der Waals surface area contributed by atoms with E-state index in [1.165, 1.54) is 0 Å². The highest BCUT2D eigenvalue weighted by Gasteiger charge is 2.47. The highest BCUT2D eigenvalue weighted by molar-refractivity contribution is 5.87. The maximum absolute atomic E-state index is 13.6. The zero-order valence-corrected chi connectivity index (χ0v) is 19.7. The van der Waals surface area contributed by atoms with Crippen LogP contribution in [0.3, 0.4) is 0 Å². The zero-order chi connectivity index (χ0) is 22.6. The largest absolute Gasteiger partial charge is 0.392 e. The van der Waals surface area contributed by atoms with Crippen molar-refractivity contribution < 1.29 is 28.8 Å². The first kappa shape index (κ1) is 25.5. The maximum Gasteiger partial charge on any atom is 0.165 e. The number of Topliss-reactive ketones (excluding diaryl/α,β-unsaturated/α-hetero) is 1. The van der Waals surface area contributed by atoms with E-state index in [9.17, 15) is 9.90 Å². The van der Waals surface area contributed by atoms with Gasteiger partial charge in [-0.2, -0.15) is 0 Å². The standard InChI is InChI=1S/C24H42O6/c1-8-10-18(20(25)17(2)11-9-13-24(7)28-15-16-29-24)21(26)22(3,4)19-12-14-27-23(5,6)30-19/h8,17-20,25H,1,9-16H2,2-7H3/t17-,18-,19-,20+/m0/s1. The van der Waals surface area contributed by atoms with Gasteiger partial charge in [0.15, 0.2) is 11.6 Å². The van der Waals surface area contributed by atoms with E-state index in [0.29, 0.717) is 32.7 Å². The van der Waals surface area contributed by atoms with E-state index < -0.39 is 29.0 Å². The van der Waals surface area contributed by atoms with E-state index in [1.807, 2.05) is 41.5 Å². The average Bonchev–Trinajstić information content (AvgIpc) is 3.10. The quantitative estimate of drug-likeness (QED) is 0.498. The second-order valence-electron chi connectivity index (χ2n) is 10.1. The first-order valence-electron chi connectivity index (χ1n) is 11.3. The SMILES string of the molecule is C=CC[C@H](C(=O)C(C)(C)[C@@H]1CCOC(C)(C)O1)[C@H](O)[C@@H](C)CCCC1(C)OCCO1. The Morgan fingerprint density at radius 3 is 2.40 bits per heavy atom. The van der Waals surface area contributed by atoms with Gasteiger partial charge in [-0.1, -0.05) is 26.8 Å². The number of ketones is 1. The second kappa shape index (κ2) is 10.2. The molecule has 0 amide bonds. The van der Waals surface area contributed by atoms with Crippen molar-refractivity contribution in [2.24, 2.45) is 17.3 Å². The molecule has 2 aliphatic heterocycles. The van der Waals surface area contributed by atoms with Crippen LogP contribution in [0.25, 0.3) is 0 Å². The van der Waals surface area contributed by atoms with Crippen LogP contribution in [0.2, 0.25) is 0 Å². The van der Waals surface area contributed by atoms with E-state index in [0.717, 1.165) is 19.3 Å². The smallest absolute Gasteiger partial charge is 0.165 e. The molecule has 2 heterocycles. The Balaban J connectivity index is 2.00. The number of rotatable bonds is 11. The first-order valence-corrected chi connectivity index (χ1v) is 11.3. The summed E-state index contributed by atoms with van der Waals surface area (Å²) in [5.74, 6) is -1.72. The molecule has 174 valence electrons. The molecule has 2 rings (SSSR count). The van der Waals surface area contributed by atoms with E-state index >= 15 is 0 Å². The van der Waals surface area contributed by atoms with Crippen molar-refractivity contribution in [2.45, 2.75) is 97.4 Å². The molecule has 0 radical (unpaired) electrons. The summed E-state index contributed by atoms with van der Waals surface area (Å²) in [5.41, 5.74) is -0.728. The molecule has 0 unspecified atom stereocenters. The number of carbonyl (C=O) groups excluding carboxylic acids is 1. The van der Waals surface area contributed by atoms with Crippen LogP contribution in [0.15, 0.2) is 12.7 Å². The number of allylic oxidation sites excluding steroid dienone is 1. The first-order chi connectivity index (χ1) is 13.9. The molecule has 0 aromatic heterocycles. The molecule has 2 fully saturated rings. The number of ether oxygens (including phenoxy) is 4. The fourth-order valence-electron chi connectivity index (χ4n) is 4.59. The summed E-state index contributed by atoms with van der Waals surface area (Å²) in [5, 5.41) is 11.1. The van der Waals surface area contributed by atoms with E-state index in [1.54, 1.807) is 6.08 Å². The van der Waals surface area contributed by atoms with Crippen LogP contribution >= 0.6 is 0 Å². The lowest BCUT2D eigenvalue weighted by atomic mass is 9.71. The number of hydrogen-bond acceptors (Lipinski definition) is 6. The van der Waals surface area contributed by atoms with E-state index in [2.05, 4.69) is 6.58 Å². The normalized spacial score (nSPS) is 26.7. The number of carbonyl (C=O) groups is 1. The van der Waals surface area contributed by atoms with Crippen molar-refractivity contribution in [3.8, 4) is 0 Å². The van der Waals surface area contributed by atoms with Gasteiger partial charge in [0.25, 0.3) is 0 Å². The van der Waals surface area contributed by atoms with Crippen molar-refractivity contribution in [1.82, 2.24) is 0 Å². The third kappa shape index (κ3) is 6.36. The van der Waals surface area contributed by atoms with Crippen LogP contribution in [0.1, 0.15) is 73.6 Å². The summed E-state index contributed by atoms with van der Waals surface area (Å²) in [4.78, 5) is 13.6. The summed E-state index contributed by atoms with van der Waals surface area (Å²) >= 11 is 0. The average molecular weight is 427 g/mol. The molecule has 0 aromatic rings. The van der Waals surface area contributed by atoms with Gasteiger partial charge in [0.2, 0.25) is 0 Å². The molecule has 6 nitrogen and oxygen atoms in total. The van der Waals surface area contributed by atoms with Crippen LogP contribution in [0.5, 0.6) is 0 Å². The van der Waals surface area contributed by atoms with Crippen LogP contribution in [-0.2, 0) is 23.7 Å². The molecule has 2 aliphatic rings. The molecule has 0 spiro atoms. The van der Waals surface area contributed by atoms with Crippen molar-refractivity contribution in [3.63, 3.8) is 0 Å². The van der Waals surface area contributed by atoms with Crippen LogP contribution < -0.4 is 0 Å². The third-order valence-corrected chi connectivity index (χ3v) is 6.64. The lowest BCUT2D eigenvalue weighted by Gasteiger charge is -2.44. The molecular formula is C24H42O6. The molecule has 0 saturated carbocycles. The van der Waals surface area contributed by atoms with Crippen LogP contribution in [0, 0.1) is 17.3 Å².